The molecule has 2 aromatic carbocycles. The summed E-state index contributed by atoms with van der Waals surface area (Å²) in [5.74, 6) is 1.27. The molecule has 8 nitrogen and oxygen atoms in total. The van der Waals surface area contributed by atoms with Crippen LogP contribution in [0.3, 0.4) is 0 Å². The van der Waals surface area contributed by atoms with Gasteiger partial charge in [-0.05, 0) is 56.2 Å². The molecule has 0 bridgehead atoms. The van der Waals surface area contributed by atoms with E-state index in [9.17, 15) is 9.59 Å². The highest BCUT2D eigenvalue weighted by Crippen LogP contribution is 2.23. The maximum Gasteiger partial charge on any atom is 0.234 e. The summed E-state index contributed by atoms with van der Waals surface area (Å²) >= 11 is 7.41. The number of rotatable bonds is 10. The number of anilines is 1. The predicted octanol–water partition coefficient (Wildman–Crippen LogP) is 4.42. The van der Waals surface area contributed by atoms with E-state index in [2.05, 4.69) is 20.8 Å². The molecule has 3 rings (SSSR count). The highest BCUT2D eigenvalue weighted by molar-refractivity contribution is 7.99. The van der Waals surface area contributed by atoms with Gasteiger partial charge in [0, 0.05) is 17.3 Å². The second-order valence-corrected chi connectivity index (χ2v) is 9.05. The fraction of sp³-hybridized carbons (Fsp3) is 0.333. The van der Waals surface area contributed by atoms with E-state index in [1.807, 2.05) is 61.7 Å². The summed E-state index contributed by atoms with van der Waals surface area (Å²) in [5, 5.41) is 15.5. The van der Waals surface area contributed by atoms with Crippen LogP contribution in [0.15, 0.2) is 47.6 Å². The van der Waals surface area contributed by atoms with Crippen molar-refractivity contribution in [2.75, 3.05) is 18.2 Å². The number of methoxy groups -OCH3 is 1. The van der Waals surface area contributed by atoms with Crippen LogP contribution in [0.1, 0.15) is 36.8 Å². The van der Waals surface area contributed by atoms with Gasteiger partial charge in [0.05, 0.1) is 25.3 Å². The summed E-state index contributed by atoms with van der Waals surface area (Å²) in [6, 6.07) is 12.4. The number of carbonyl (C=O) groups excluding carboxylic acids is 2. The average Bonchev–Trinajstić information content (AvgIpc) is 3.23. The van der Waals surface area contributed by atoms with Gasteiger partial charge in [0.2, 0.25) is 11.8 Å². The van der Waals surface area contributed by atoms with E-state index in [1.54, 1.807) is 13.2 Å². The lowest BCUT2D eigenvalue weighted by Gasteiger charge is -2.15. The molecule has 1 aromatic heterocycles. The zero-order valence-corrected chi connectivity index (χ0v) is 21.2. The Morgan fingerprint density at radius 2 is 1.88 bits per heavy atom. The van der Waals surface area contributed by atoms with Crippen molar-refractivity contribution in [3.05, 3.63) is 64.4 Å². The van der Waals surface area contributed by atoms with Crippen molar-refractivity contribution in [2.45, 2.75) is 44.9 Å². The van der Waals surface area contributed by atoms with Gasteiger partial charge in [-0.2, -0.15) is 0 Å². The first kappa shape index (κ1) is 25.6. The number of benzene rings is 2. The normalized spacial score (nSPS) is 11.7. The second kappa shape index (κ2) is 11.9. The monoisotopic (exact) mass is 501 g/mol. The van der Waals surface area contributed by atoms with Gasteiger partial charge in [0.25, 0.3) is 0 Å². The summed E-state index contributed by atoms with van der Waals surface area (Å²) in [6.07, 6.45) is 0.249. The van der Waals surface area contributed by atoms with Crippen LogP contribution in [0.4, 0.5) is 5.69 Å². The Balaban J connectivity index is 1.57. The van der Waals surface area contributed by atoms with Gasteiger partial charge in [0.1, 0.15) is 5.75 Å². The third kappa shape index (κ3) is 6.74. The number of carbonyl (C=O) groups is 2. The third-order valence-corrected chi connectivity index (χ3v) is 6.51. The molecular formula is C24H28ClN5O3S. The van der Waals surface area contributed by atoms with Gasteiger partial charge in [0.15, 0.2) is 11.0 Å². The molecule has 34 heavy (non-hydrogen) atoms. The van der Waals surface area contributed by atoms with Crippen molar-refractivity contribution in [3.8, 4) is 5.75 Å². The number of nitrogens with zero attached hydrogens (tertiary/aromatic N) is 3. The van der Waals surface area contributed by atoms with Crippen LogP contribution in [0.2, 0.25) is 5.02 Å². The molecule has 0 aliphatic carbocycles. The first-order valence-electron chi connectivity index (χ1n) is 10.8. The number of nitrogens with one attached hydrogen (secondary N) is 2. The fourth-order valence-electron chi connectivity index (χ4n) is 3.31. The van der Waals surface area contributed by atoms with Gasteiger partial charge in [-0.15, -0.1) is 10.2 Å². The molecule has 2 amide bonds. The Hall–Kier alpha value is -3.04. The van der Waals surface area contributed by atoms with Crippen LogP contribution in [0, 0.1) is 6.92 Å². The summed E-state index contributed by atoms with van der Waals surface area (Å²) in [4.78, 5) is 24.9. The minimum absolute atomic E-state index is 0.117. The molecule has 0 saturated heterocycles. The fourth-order valence-corrected chi connectivity index (χ4v) is 4.30. The Bertz CT molecular complexity index is 1150. The maximum absolute atomic E-state index is 12.5. The molecule has 0 saturated carbocycles. The number of thioether (sulfide) groups is 1. The number of aryl methyl sites for hydroxylation is 1. The maximum atomic E-state index is 12.5. The highest BCUT2D eigenvalue weighted by Gasteiger charge is 2.20. The minimum atomic E-state index is -0.337. The van der Waals surface area contributed by atoms with Crippen molar-refractivity contribution in [2.24, 2.45) is 0 Å². The molecule has 0 radical (unpaired) electrons. The zero-order chi connectivity index (χ0) is 24.7. The van der Waals surface area contributed by atoms with Gasteiger partial charge < -0.3 is 19.9 Å². The topological polar surface area (TPSA) is 98.1 Å². The molecule has 0 fully saturated rings. The summed E-state index contributed by atoms with van der Waals surface area (Å²) < 4.78 is 7.05. The third-order valence-electron chi connectivity index (χ3n) is 5.14. The van der Waals surface area contributed by atoms with Crippen LogP contribution in [-0.4, -0.2) is 39.4 Å². The molecule has 2 N–H and O–H groups in total. The zero-order valence-electron chi connectivity index (χ0n) is 19.6. The Labute approximate surface area is 208 Å². The number of amides is 2. The van der Waals surface area contributed by atoms with Gasteiger partial charge in [-0.25, -0.2) is 0 Å². The number of aromatic nitrogens is 3. The van der Waals surface area contributed by atoms with Gasteiger partial charge >= 0.3 is 0 Å². The average molecular weight is 502 g/mol. The molecule has 180 valence electrons. The highest BCUT2D eigenvalue weighted by atomic mass is 35.5. The molecule has 0 spiro atoms. The van der Waals surface area contributed by atoms with E-state index in [1.165, 1.54) is 11.8 Å². The molecule has 0 aliphatic rings. The molecular weight excluding hydrogens is 474 g/mol. The Kier molecular flexibility index (Phi) is 8.95. The van der Waals surface area contributed by atoms with E-state index >= 15 is 0 Å². The van der Waals surface area contributed by atoms with Crippen LogP contribution >= 0.6 is 23.4 Å². The number of ether oxygens (including phenoxy) is 1. The molecule has 0 aliphatic heterocycles. The van der Waals surface area contributed by atoms with E-state index in [0.717, 1.165) is 16.9 Å². The van der Waals surface area contributed by atoms with Crippen LogP contribution in [0.5, 0.6) is 5.75 Å². The molecule has 3 aromatic rings. The summed E-state index contributed by atoms with van der Waals surface area (Å²) in [7, 11) is 1.60. The van der Waals surface area contributed by atoms with E-state index in [-0.39, 0.29) is 30.0 Å². The van der Waals surface area contributed by atoms with Crippen LogP contribution < -0.4 is 15.4 Å². The lowest BCUT2D eigenvalue weighted by molar-refractivity contribution is -0.121. The minimum Gasteiger partial charge on any atom is -0.497 e. The molecule has 1 atom stereocenters. The number of hydrogen-bond acceptors (Lipinski definition) is 6. The van der Waals surface area contributed by atoms with E-state index in [0.29, 0.717) is 28.2 Å². The van der Waals surface area contributed by atoms with E-state index in [4.69, 9.17) is 16.3 Å². The Morgan fingerprint density at radius 3 is 2.53 bits per heavy atom. The summed E-state index contributed by atoms with van der Waals surface area (Å²) in [6.45, 7) is 6.35. The van der Waals surface area contributed by atoms with Crippen molar-refractivity contribution in [1.29, 1.82) is 0 Å². The van der Waals surface area contributed by atoms with Gasteiger partial charge in [-0.1, -0.05) is 41.6 Å². The molecule has 1 unspecified atom stereocenters. The van der Waals surface area contributed by atoms with Crippen molar-refractivity contribution in [1.82, 2.24) is 20.1 Å². The lowest BCUT2D eigenvalue weighted by Crippen LogP contribution is -2.30. The lowest BCUT2D eigenvalue weighted by atomic mass is 10.1. The standard InChI is InChI=1S/C24H28ClN5O3S/c1-5-30-23(16(3)26-21(31)12-17-7-10-19(33-4)11-8-17)28-29-24(30)34-14-22(32)27-18-9-6-15(2)20(25)13-18/h6-11,13,16H,5,12,14H2,1-4H3,(H,26,31)(H,27,32). The van der Waals surface area contributed by atoms with Crippen molar-refractivity contribution < 1.29 is 14.3 Å². The van der Waals surface area contributed by atoms with E-state index < -0.39 is 0 Å². The second-order valence-electron chi connectivity index (χ2n) is 7.70. The Morgan fingerprint density at radius 1 is 1.15 bits per heavy atom. The first-order valence-corrected chi connectivity index (χ1v) is 12.2. The largest absolute Gasteiger partial charge is 0.497 e. The van der Waals surface area contributed by atoms with Gasteiger partial charge in [-0.3, -0.25) is 9.59 Å². The number of halogens is 1. The predicted molar refractivity (Wildman–Crippen MR) is 134 cm³/mol. The smallest absolute Gasteiger partial charge is 0.234 e. The molecule has 10 heteroatoms. The first-order chi connectivity index (χ1) is 16.3. The van der Waals surface area contributed by atoms with Crippen LogP contribution in [-0.2, 0) is 22.6 Å². The quantitative estimate of drug-likeness (QED) is 0.399. The van der Waals surface area contributed by atoms with Crippen molar-refractivity contribution in [3.63, 3.8) is 0 Å². The number of hydrogen-bond donors (Lipinski definition) is 2. The SMILES string of the molecule is CCn1c(SCC(=O)Nc2ccc(C)c(Cl)c2)nnc1C(C)NC(=O)Cc1ccc(OC)cc1. The summed E-state index contributed by atoms with van der Waals surface area (Å²) in [5.41, 5.74) is 2.48. The van der Waals surface area contributed by atoms with Crippen LogP contribution in [0.25, 0.3) is 0 Å². The van der Waals surface area contributed by atoms with Crippen molar-refractivity contribution >= 4 is 40.9 Å². The molecule has 1 heterocycles.